The summed E-state index contributed by atoms with van der Waals surface area (Å²) in [6, 6.07) is 27.9. The van der Waals surface area contributed by atoms with Gasteiger partial charge in [-0.1, -0.05) is 48.5 Å². The predicted molar refractivity (Wildman–Crippen MR) is 134 cm³/mol. The van der Waals surface area contributed by atoms with Crippen molar-refractivity contribution in [2.75, 3.05) is 14.2 Å². The first-order chi connectivity index (χ1) is 16.2. The Hall–Kier alpha value is -3.83. The zero-order valence-corrected chi connectivity index (χ0v) is 19.3. The van der Waals surface area contributed by atoms with Gasteiger partial charge in [0.2, 0.25) is 0 Å². The highest BCUT2D eigenvalue weighted by Gasteiger charge is 2.16. The van der Waals surface area contributed by atoms with Gasteiger partial charge in [-0.15, -0.1) is 11.3 Å². The van der Waals surface area contributed by atoms with Crippen LogP contribution >= 0.6 is 11.3 Å². The first kappa shape index (κ1) is 22.4. The van der Waals surface area contributed by atoms with Crippen LogP contribution in [0.5, 0.6) is 11.5 Å². The number of ether oxygens (including phenoxy) is 3. The summed E-state index contributed by atoms with van der Waals surface area (Å²) in [5.41, 5.74) is 3.43. The molecule has 0 saturated carbocycles. The van der Waals surface area contributed by atoms with Crippen molar-refractivity contribution in [3.05, 3.63) is 106 Å². The third kappa shape index (κ3) is 5.51. The maximum atomic E-state index is 12.2. The topological polar surface area (TPSA) is 44.8 Å². The number of thiophene rings is 1. The van der Waals surface area contributed by atoms with Crippen LogP contribution in [0.25, 0.3) is 22.6 Å². The van der Waals surface area contributed by atoms with E-state index in [1.165, 1.54) is 7.11 Å². The smallest absolute Gasteiger partial charge is 0.342 e. The van der Waals surface area contributed by atoms with Gasteiger partial charge >= 0.3 is 5.97 Å². The van der Waals surface area contributed by atoms with E-state index in [1.807, 2.05) is 54.6 Å². The van der Waals surface area contributed by atoms with E-state index in [2.05, 4.69) is 36.4 Å². The molecule has 0 aliphatic carbocycles. The fourth-order valence-corrected chi connectivity index (χ4v) is 4.32. The van der Waals surface area contributed by atoms with Gasteiger partial charge in [-0.05, 0) is 65.2 Å². The molecule has 0 radical (unpaired) electrons. The van der Waals surface area contributed by atoms with Crippen LogP contribution in [0.1, 0.15) is 26.4 Å². The highest BCUT2D eigenvalue weighted by atomic mass is 32.1. The van der Waals surface area contributed by atoms with Crippen molar-refractivity contribution < 1.29 is 19.0 Å². The SMILES string of the molecule is COC(=O)c1c(C=Cc2ccc(-c3ccc(OCc4ccccc4)cc3)s2)cccc1OC. The molecule has 0 spiro atoms. The molecule has 0 aliphatic heterocycles. The molecule has 4 aromatic rings. The van der Waals surface area contributed by atoms with E-state index in [4.69, 9.17) is 14.2 Å². The zero-order valence-electron chi connectivity index (χ0n) is 18.5. The first-order valence-electron chi connectivity index (χ1n) is 10.5. The van der Waals surface area contributed by atoms with Gasteiger partial charge in [0.25, 0.3) is 0 Å². The second-order valence-electron chi connectivity index (χ2n) is 7.25. The van der Waals surface area contributed by atoms with Gasteiger partial charge in [0.15, 0.2) is 0 Å². The molecule has 0 amide bonds. The Morgan fingerprint density at radius 3 is 2.36 bits per heavy atom. The predicted octanol–water partition coefficient (Wildman–Crippen LogP) is 6.96. The minimum atomic E-state index is -0.423. The Kier molecular flexibility index (Phi) is 7.22. The lowest BCUT2D eigenvalue weighted by atomic mass is 10.1. The van der Waals surface area contributed by atoms with Crippen LogP contribution in [0, 0.1) is 0 Å². The van der Waals surface area contributed by atoms with E-state index in [1.54, 1.807) is 24.5 Å². The number of methoxy groups -OCH3 is 2. The van der Waals surface area contributed by atoms with Gasteiger partial charge in [0.1, 0.15) is 23.7 Å². The molecule has 0 aliphatic rings. The largest absolute Gasteiger partial charge is 0.496 e. The summed E-state index contributed by atoms with van der Waals surface area (Å²) in [4.78, 5) is 14.5. The van der Waals surface area contributed by atoms with E-state index >= 15 is 0 Å². The van der Waals surface area contributed by atoms with Crippen molar-refractivity contribution in [2.45, 2.75) is 6.61 Å². The molecule has 5 heteroatoms. The van der Waals surface area contributed by atoms with Gasteiger partial charge < -0.3 is 14.2 Å². The number of esters is 1. The fraction of sp³-hybridized carbons (Fsp3) is 0.107. The molecule has 0 bridgehead atoms. The van der Waals surface area contributed by atoms with Crippen LogP contribution in [0.15, 0.2) is 84.9 Å². The zero-order chi connectivity index (χ0) is 23.0. The summed E-state index contributed by atoms with van der Waals surface area (Å²) in [6.07, 6.45) is 3.90. The van der Waals surface area contributed by atoms with E-state index in [-0.39, 0.29) is 0 Å². The molecule has 0 unspecified atom stereocenters. The molecule has 4 nitrogen and oxygen atoms in total. The Balaban J connectivity index is 1.46. The summed E-state index contributed by atoms with van der Waals surface area (Å²) in [5.74, 6) is 0.909. The number of hydrogen-bond donors (Lipinski definition) is 0. The van der Waals surface area contributed by atoms with Crippen LogP contribution in [0.3, 0.4) is 0 Å². The van der Waals surface area contributed by atoms with Crippen LogP contribution in [-0.4, -0.2) is 20.2 Å². The minimum absolute atomic E-state index is 0.418. The molecule has 0 saturated heterocycles. The molecular formula is C28H24O4S. The van der Waals surface area contributed by atoms with E-state index in [0.717, 1.165) is 32.2 Å². The molecule has 3 aromatic carbocycles. The molecule has 33 heavy (non-hydrogen) atoms. The Morgan fingerprint density at radius 2 is 1.64 bits per heavy atom. The third-order valence-corrected chi connectivity index (χ3v) is 6.21. The van der Waals surface area contributed by atoms with Gasteiger partial charge in [-0.3, -0.25) is 0 Å². The number of benzene rings is 3. The molecule has 4 rings (SSSR count). The Morgan fingerprint density at radius 1 is 0.848 bits per heavy atom. The van der Waals surface area contributed by atoms with Crippen molar-refractivity contribution in [1.82, 2.24) is 0 Å². The van der Waals surface area contributed by atoms with E-state index < -0.39 is 5.97 Å². The number of rotatable bonds is 8. The summed E-state index contributed by atoms with van der Waals surface area (Å²) in [5, 5.41) is 0. The average Bonchev–Trinajstić information content (AvgIpc) is 3.35. The van der Waals surface area contributed by atoms with Crippen LogP contribution in [0.2, 0.25) is 0 Å². The number of carbonyl (C=O) groups excluding carboxylic acids is 1. The van der Waals surface area contributed by atoms with Gasteiger partial charge in [-0.2, -0.15) is 0 Å². The second kappa shape index (κ2) is 10.7. The van der Waals surface area contributed by atoms with Crippen molar-refractivity contribution in [1.29, 1.82) is 0 Å². The highest BCUT2D eigenvalue weighted by molar-refractivity contribution is 7.16. The van der Waals surface area contributed by atoms with Crippen molar-refractivity contribution in [3.63, 3.8) is 0 Å². The van der Waals surface area contributed by atoms with Crippen molar-refractivity contribution >= 4 is 29.5 Å². The maximum Gasteiger partial charge on any atom is 0.342 e. The molecule has 166 valence electrons. The summed E-state index contributed by atoms with van der Waals surface area (Å²) >= 11 is 1.68. The van der Waals surface area contributed by atoms with Crippen molar-refractivity contribution in [3.8, 4) is 21.9 Å². The minimum Gasteiger partial charge on any atom is -0.496 e. The average molecular weight is 457 g/mol. The molecule has 0 N–H and O–H groups in total. The Bertz CT molecular complexity index is 1240. The van der Waals surface area contributed by atoms with E-state index in [0.29, 0.717) is 17.9 Å². The number of carbonyl (C=O) groups is 1. The molecular weight excluding hydrogens is 432 g/mol. The van der Waals surface area contributed by atoms with Gasteiger partial charge in [-0.25, -0.2) is 4.79 Å². The first-order valence-corrected chi connectivity index (χ1v) is 11.3. The second-order valence-corrected chi connectivity index (χ2v) is 8.37. The number of hydrogen-bond acceptors (Lipinski definition) is 5. The van der Waals surface area contributed by atoms with Crippen LogP contribution in [-0.2, 0) is 11.3 Å². The lowest BCUT2D eigenvalue weighted by molar-refractivity contribution is 0.0597. The summed E-state index contributed by atoms with van der Waals surface area (Å²) in [6.45, 7) is 0.548. The van der Waals surface area contributed by atoms with Gasteiger partial charge in [0.05, 0.1) is 14.2 Å². The lowest BCUT2D eigenvalue weighted by Crippen LogP contribution is -2.06. The summed E-state index contributed by atoms with van der Waals surface area (Å²) < 4.78 is 16.1. The van der Waals surface area contributed by atoms with Crippen LogP contribution < -0.4 is 9.47 Å². The highest BCUT2D eigenvalue weighted by Crippen LogP contribution is 2.31. The monoisotopic (exact) mass is 456 g/mol. The normalized spacial score (nSPS) is 10.8. The summed E-state index contributed by atoms with van der Waals surface area (Å²) in [7, 11) is 2.91. The maximum absolute atomic E-state index is 12.2. The third-order valence-electron chi connectivity index (χ3n) is 5.11. The Labute approximate surface area is 197 Å². The fourth-order valence-electron chi connectivity index (χ4n) is 3.40. The van der Waals surface area contributed by atoms with Crippen LogP contribution in [0.4, 0.5) is 0 Å². The molecule has 0 atom stereocenters. The molecule has 1 aromatic heterocycles. The van der Waals surface area contributed by atoms with Gasteiger partial charge in [0, 0.05) is 9.75 Å². The lowest BCUT2D eigenvalue weighted by Gasteiger charge is -2.09. The quantitative estimate of drug-likeness (QED) is 0.269. The standard InChI is InChI=1S/C28H24O4S/c1-30-25-10-6-9-22(27(25)28(29)31-2)13-16-24-17-18-26(33-24)21-11-14-23(15-12-21)32-19-20-7-4-3-5-8-20/h3-18H,19H2,1-2H3. The molecule has 1 heterocycles. The molecule has 0 fully saturated rings. The van der Waals surface area contributed by atoms with Crippen molar-refractivity contribution in [2.24, 2.45) is 0 Å². The van der Waals surface area contributed by atoms with E-state index in [9.17, 15) is 4.79 Å².